The van der Waals surface area contributed by atoms with Crippen LogP contribution in [-0.2, 0) is 13.0 Å². The minimum atomic E-state index is 1.01. The summed E-state index contributed by atoms with van der Waals surface area (Å²) in [7, 11) is 0. The Hall–Kier alpha value is -0.830. The molecule has 0 atom stereocenters. The van der Waals surface area contributed by atoms with Crippen LogP contribution < -0.4 is 0 Å². The summed E-state index contributed by atoms with van der Waals surface area (Å²) in [6.07, 6.45) is 11.9. The van der Waals surface area contributed by atoms with Crippen molar-refractivity contribution in [1.29, 1.82) is 0 Å². The van der Waals surface area contributed by atoms with Crippen LogP contribution in [0.1, 0.15) is 49.8 Å². The Morgan fingerprint density at radius 3 is 3.06 bits per heavy atom. The third-order valence-electron chi connectivity index (χ3n) is 4.46. The van der Waals surface area contributed by atoms with Gasteiger partial charge in [-0.15, -0.1) is 0 Å². The zero-order valence-electron chi connectivity index (χ0n) is 10.6. The van der Waals surface area contributed by atoms with Gasteiger partial charge in [-0.1, -0.05) is 32.1 Å². The lowest BCUT2D eigenvalue weighted by atomic mass is 9.87. The summed E-state index contributed by atoms with van der Waals surface area (Å²) in [6, 6.07) is 0. The highest BCUT2D eigenvalue weighted by Crippen LogP contribution is 2.27. The summed E-state index contributed by atoms with van der Waals surface area (Å²) in [5.41, 5.74) is 2.78. The van der Waals surface area contributed by atoms with Crippen molar-refractivity contribution in [2.24, 2.45) is 5.92 Å². The van der Waals surface area contributed by atoms with Crippen LogP contribution in [0.15, 0.2) is 6.20 Å². The Labute approximate surface area is 104 Å². The van der Waals surface area contributed by atoms with Gasteiger partial charge in [0.05, 0.1) is 6.20 Å². The molecular formula is C14H23N3. The van der Waals surface area contributed by atoms with E-state index >= 15 is 0 Å². The fourth-order valence-corrected chi connectivity index (χ4v) is 3.31. The summed E-state index contributed by atoms with van der Waals surface area (Å²) < 4.78 is 0. The van der Waals surface area contributed by atoms with Gasteiger partial charge < -0.3 is 0 Å². The van der Waals surface area contributed by atoms with E-state index in [2.05, 4.69) is 15.1 Å². The number of nitrogens with zero attached hydrogens (tertiary/aromatic N) is 2. The molecule has 1 saturated carbocycles. The Kier molecular flexibility index (Phi) is 3.46. The van der Waals surface area contributed by atoms with E-state index in [1.165, 1.54) is 62.9 Å². The van der Waals surface area contributed by atoms with E-state index in [-0.39, 0.29) is 0 Å². The maximum atomic E-state index is 4.14. The number of aromatic nitrogens is 2. The number of nitrogens with one attached hydrogen (secondary N) is 1. The molecule has 2 heterocycles. The second-order valence-electron chi connectivity index (χ2n) is 5.69. The normalized spacial score (nSPS) is 22.6. The Morgan fingerprint density at radius 2 is 2.18 bits per heavy atom. The summed E-state index contributed by atoms with van der Waals surface area (Å²) in [4.78, 5) is 2.60. The van der Waals surface area contributed by atoms with Crippen LogP contribution in [-0.4, -0.2) is 28.2 Å². The molecule has 3 heteroatoms. The van der Waals surface area contributed by atoms with Crippen molar-refractivity contribution in [1.82, 2.24) is 15.1 Å². The first-order valence-electron chi connectivity index (χ1n) is 7.15. The molecule has 0 bridgehead atoms. The molecule has 1 aromatic heterocycles. The highest BCUT2D eigenvalue weighted by molar-refractivity contribution is 5.18. The lowest BCUT2D eigenvalue weighted by Crippen LogP contribution is -2.32. The lowest BCUT2D eigenvalue weighted by Gasteiger charge is -2.29. The van der Waals surface area contributed by atoms with Crippen LogP contribution in [0.4, 0.5) is 0 Å². The molecule has 1 aromatic rings. The zero-order valence-corrected chi connectivity index (χ0v) is 10.6. The smallest absolute Gasteiger partial charge is 0.0535 e. The zero-order chi connectivity index (χ0) is 11.5. The molecular weight excluding hydrogens is 210 g/mol. The average molecular weight is 233 g/mol. The maximum Gasteiger partial charge on any atom is 0.0535 e. The van der Waals surface area contributed by atoms with E-state index in [0.29, 0.717) is 0 Å². The number of rotatable bonds is 3. The highest BCUT2D eigenvalue weighted by atomic mass is 15.2. The Balaban J connectivity index is 1.47. The fraction of sp³-hybridized carbons (Fsp3) is 0.786. The van der Waals surface area contributed by atoms with E-state index in [4.69, 9.17) is 0 Å². The fourth-order valence-electron chi connectivity index (χ4n) is 3.31. The van der Waals surface area contributed by atoms with Gasteiger partial charge in [-0.25, -0.2) is 0 Å². The van der Waals surface area contributed by atoms with Crippen molar-refractivity contribution >= 4 is 0 Å². The van der Waals surface area contributed by atoms with Gasteiger partial charge in [0.25, 0.3) is 0 Å². The highest BCUT2D eigenvalue weighted by Gasteiger charge is 2.19. The lowest BCUT2D eigenvalue weighted by molar-refractivity contribution is 0.217. The molecule has 1 aliphatic carbocycles. The van der Waals surface area contributed by atoms with Crippen LogP contribution in [0.25, 0.3) is 0 Å². The Morgan fingerprint density at radius 1 is 1.29 bits per heavy atom. The van der Waals surface area contributed by atoms with E-state index in [0.717, 1.165) is 18.9 Å². The molecule has 0 saturated heterocycles. The first-order valence-corrected chi connectivity index (χ1v) is 7.15. The van der Waals surface area contributed by atoms with Gasteiger partial charge in [0.2, 0.25) is 0 Å². The quantitative estimate of drug-likeness (QED) is 0.870. The van der Waals surface area contributed by atoms with E-state index in [9.17, 15) is 0 Å². The number of hydrogen-bond acceptors (Lipinski definition) is 2. The molecule has 17 heavy (non-hydrogen) atoms. The number of H-pyrrole nitrogens is 1. The topological polar surface area (TPSA) is 31.9 Å². The predicted octanol–water partition coefficient (Wildman–Crippen LogP) is 2.74. The van der Waals surface area contributed by atoms with Gasteiger partial charge in [0.15, 0.2) is 0 Å². The van der Waals surface area contributed by atoms with E-state index in [1.807, 2.05) is 6.20 Å². The Bertz CT molecular complexity index is 352. The van der Waals surface area contributed by atoms with Crippen LogP contribution >= 0.6 is 0 Å². The van der Waals surface area contributed by atoms with Crippen molar-refractivity contribution in [3.8, 4) is 0 Å². The molecule has 0 radical (unpaired) electrons. The van der Waals surface area contributed by atoms with Gasteiger partial charge in [0, 0.05) is 30.8 Å². The molecule has 0 aromatic carbocycles. The number of aromatic amines is 1. The SMILES string of the molecule is c1n[nH]c2c1CN(CCC1CCCCC1)CC2. The largest absolute Gasteiger partial charge is 0.299 e. The summed E-state index contributed by atoms with van der Waals surface area (Å²) >= 11 is 0. The molecule has 0 unspecified atom stereocenters. The van der Waals surface area contributed by atoms with Gasteiger partial charge in [-0.2, -0.15) is 5.10 Å². The molecule has 1 fully saturated rings. The second kappa shape index (κ2) is 5.21. The molecule has 1 aliphatic heterocycles. The molecule has 1 N–H and O–H groups in total. The summed E-state index contributed by atoms with van der Waals surface area (Å²) in [5, 5.41) is 7.24. The first kappa shape index (κ1) is 11.3. The molecule has 3 nitrogen and oxygen atoms in total. The minimum absolute atomic E-state index is 1.01. The van der Waals surface area contributed by atoms with Crippen LogP contribution in [0.2, 0.25) is 0 Å². The third-order valence-corrected chi connectivity index (χ3v) is 4.46. The monoisotopic (exact) mass is 233 g/mol. The van der Waals surface area contributed by atoms with Crippen molar-refractivity contribution < 1.29 is 0 Å². The number of hydrogen-bond donors (Lipinski definition) is 1. The standard InChI is InChI=1S/C14H23N3/c1-2-4-12(5-3-1)6-8-17-9-7-14-13(11-17)10-15-16-14/h10,12H,1-9,11H2,(H,15,16). The summed E-state index contributed by atoms with van der Waals surface area (Å²) in [6.45, 7) is 3.61. The van der Waals surface area contributed by atoms with Crippen molar-refractivity contribution in [2.45, 2.75) is 51.5 Å². The van der Waals surface area contributed by atoms with Gasteiger partial charge in [-0.3, -0.25) is 10.00 Å². The van der Waals surface area contributed by atoms with Gasteiger partial charge in [-0.05, 0) is 18.9 Å². The molecule has 2 aliphatic rings. The maximum absolute atomic E-state index is 4.14. The first-order chi connectivity index (χ1) is 8.42. The second-order valence-corrected chi connectivity index (χ2v) is 5.69. The molecule has 0 spiro atoms. The van der Waals surface area contributed by atoms with Crippen molar-refractivity contribution in [2.75, 3.05) is 13.1 Å². The van der Waals surface area contributed by atoms with E-state index in [1.54, 1.807) is 0 Å². The van der Waals surface area contributed by atoms with Crippen molar-refractivity contribution in [3.63, 3.8) is 0 Å². The number of fused-ring (bicyclic) bond motifs is 1. The molecule has 94 valence electrons. The van der Waals surface area contributed by atoms with Crippen molar-refractivity contribution in [3.05, 3.63) is 17.5 Å². The van der Waals surface area contributed by atoms with Gasteiger partial charge >= 0.3 is 0 Å². The minimum Gasteiger partial charge on any atom is -0.299 e. The van der Waals surface area contributed by atoms with Crippen LogP contribution in [0.3, 0.4) is 0 Å². The van der Waals surface area contributed by atoms with Crippen LogP contribution in [0, 0.1) is 5.92 Å². The third kappa shape index (κ3) is 2.71. The molecule has 3 rings (SSSR count). The average Bonchev–Trinajstić information content (AvgIpc) is 2.85. The summed E-state index contributed by atoms with van der Waals surface area (Å²) in [5.74, 6) is 1.01. The van der Waals surface area contributed by atoms with E-state index < -0.39 is 0 Å². The molecule has 0 amide bonds. The predicted molar refractivity (Wildman–Crippen MR) is 68.8 cm³/mol. The van der Waals surface area contributed by atoms with Gasteiger partial charge in [0.1, 0.15) is 0 Å². The van der Waals surface area contributed by atoms with Crippen LogP contribution in [0.5, 0.6) is 0 Å².